The van der Waals surface area contributed by atoms with Crippen LogP contribution < -0.4 is 0 Å². The number of carbonyl (C=O) groups is 1. The number of nitrogens with zero attached hydrogens (tertiary/aromatic N) is 1. The van der Waals surface area contributed by atoms with E-state index in [1.807, 2.05) is 54.6 Å². The van der Waals surface area contributed by atoms with E-state index in [0.29, 0.717) is 5.71 Å². The lowest BCUT2D eigenvalue weighted by Gasteiger charge is -2.10. The predicted octanol–water partition coefficient (Wildman–Crippen LogP) is 3.85. The van der Waals surface area contributed by atoms with Crippen LogP contribution in [0.1, 0.15) is 16.7 Å². The van der Waals surface area contributed by atoms with Gasteiger partial charge in [-0.2, -0.15) is 0 Å². The molecule has 0 atom stereocenters. The summed E-state index contributed by atoms with van der Waals surface area (Å²) in [5, 5.41) is 12.7. The molecule has 2 aromatic carbocycles. The van der Waals surface area contributed by atoms with E-state index in [4.69, 9.17) is 9.94 Å². The number of rotatable bonds is 6. The van der Waals surface area contributed by atoms with Crippen molar-refractivity contribution in [1.29, 1.82) is 0 Å². The molecule has 0 aliphatic carbocycles. The molecule has 0 aliphatic rings. The lowest BCUT2D eigenvalue weighted by atomic mass is 9.97. The summed E-state index contributed by atoms with van der Waals surface area (Å²) < 4.78 is 0. The Morgan fingerprint density at radius 3 is 2.30 bits per heavy atom. The molecule has 0 radical (unpaired) electrons. The summed E-state index contributed by atoms with van der Waals surface area (Å²) in [5.41, 5.74) is 3.97. The molecular formula is C19H17NO3. The zero-order valence-electron chi connectivity index (χ0n) is 12.8. The zero-order valence-corrected chi connectivity index (χ0v) is 12.8. The Balaban J connectivity index is 2.30. The summed E-state index contributed by atoms with van der Waals surface area (Å²) in [6, 6.07) is 17.1. The normalized spacial score (nSPS) is 11.4. The summed E-state index contributed by atoms with van der Waals surface area (Å²) in [4.78, 5) is 15.5. The van der Waals surface area contributed by atoms with Crippen molar-refractivity contribution < 1.29 is 14.7 Å². The van der Waals surface area contributed by atoms with Crippen molar-refractivity contribution in [3.8, 4) is 0 Å². The van der Waals surface area contributed by atoms with Crippen LogP contribution in [0.4, 0.5) is 0 Å². The molecule has 4 nitrogen and oxygen atoms in total. The number of carboxylic acid groups (broad SMARTS) is 1. The Morgan fingerprint density at radius 1 is 1.09 bits per heavy atom. The monoisotopic (exact) mass is 307 g/mol. The number of carboxylic acids is 1. The minimum Gasteiger partial charge on any atom is -0.478 e. The van der Waals surface area contributed by atoms with Gasteiger partial charge < -0.3 is 9.94 Å². The highest BCUT2D eigenvalue weighted by Gasteiger charge is 2.11. The molecular weight excluding hydrogens is 290 g/mol. The zero-order chi connectivity index (χ0) is 16.7. The molecule has 0 aromatic heterocycles. The Kier molecular flexibility index (Phi) is 5.47. The first-order chi connectivity index (χ1) is 11.1. The molecule has 0 heterocycles. The van der Waals surface area contributed by atoms with Crippen molar-refractivity contribution in [3.05, 3.63) is 83.9 Å². The highest BCUT2D eigenvalue weighted by Crippen LogP contribution is 2.20. The average Bonchev–Trinajstić information content (AvgIpc) is 2.58. The third kappa shape index (κ3) is 4.41. The number of benzene rings is 2. The van der Waals surface area contributed by atoms with Crippen LogP contribution in [0.25, 0.3) is 11.6 Å². The number of allylic oxidation sites excluding steroid dienone is 1. The molecule has 4 heteroatoms. The standard InChI is InChI=1S/C19H17NO3/c1-14(16-6-4-3-5-7-16)19(20-23-2)17-11-8-15(9-12-17)10-13-18(21)22/h3-13H,1H2,2H3,(H,21,22). The molecule has 0 bridgehead atoms. The molecule has 0 fully saturated rings. The molecule has 0 spiro atoms. The molecule has 0 saturated carbocycles. The summed E-state index contributed by atoms with van der Waals surface area (Å²) >= 11 is 0. The minimum absolute atomic E-state index is 0.632. The Bertz CT molecular complexity index is 744. The van der Waals surface area contributed by atoms with Crippen molar-refractivity contribution >= 4 is 23.3 Å². The maximum atomic E-state index is 10.5. The van der Waals surface area contributed by atoms with Gasteiger partial charge in [0.15, 0.2) is 0 Å². The van der Waals surface area contributed by atoms with Gasteiger partial charge in [0, 0.05) is 17.2 Å². The van der Waals surface area contributed by atoms with E-state index in [2.05, 4.69) is 11.7 Å². The summed E-state index contributed by atoms with van der Waals surface area (Å²) in [7, 11) is 1.49. The van der Waals surface area contributed by atoms with Gasteiger partial charge in [-0.15, -0.1) is 0 Å². The molecule has 0 amide bonds. The quantitative estimate of drug-likeness (QED) is 0.501. The number of aliphatic carboxylic acids is 1. The van der Waals surface area contributed by atoms with Gasteiger partial charge >= 0.3 is 5.97 Å². The van der Waals surface area contributed by atoms with Gasteiger partial charge in [-0.25, -0.2) is 4.79 Å². The van der Waals surface area contributed by atoms with Gasteiger partial charge in [-0.05, 0) is 17.2 Å². The minimum atomic E-state index is -0.979. The van der Waals surface area contributed by atoms with Crippen molar-refractivity contribution in [1.82, 2.24) is 0 Å². The average molecular weight is 307 g/mol. The van der Waals surface area contributed by atoms with Crippen LogP contribution in [0.5, 0.6) is 0 Å². The van der Waals surface area contributed by atoms with Crippen LogP contribution in [-0.2, 0) is 9.63 Å². The first-order valence-corrected chi connectivity index (χ1v) is 6.99. The topological polar surface area (TPSA) is 58.9 Å². The lowest BCUT2D eigenvalue weighted by Crippen LogP contribution is -2.04. The Hall–Kier alpha value is -3.14. The van der Waals surface area contributed by atoms with Crippen LogP contribution in [0, 0.1) is 0 Å². The van der Waals surface area contributed by atoms with Crippen molar-refractivity contribution in [2.75, 3.05) is 7.11 Å². The summed E-state index contributed by atoms with van der Waals surface area (Å²) in [6.07, 6.45) is 2.63. The highest BCUT2D eigenvalue weighted by molar-refractivity contribution is 6.31. The number of hydrogen-bond acceptors (Lipinski definition) is 3. The van der Waals surface area contributed by atoms with Gasteiger partial charge in [0.25, 0.3) is 0 Å². The van der Waals surface area contributed by atoms with Gasteiger partial charge in [0.2, 0.25) is 0 Å². The van der Waals surface area contributed by atoms with Crippen molar-refractivity contribution in [2.45, 2.75) is 0 Å². The van der Waals surface area contributed by atoms with Gasteiger partial charge in [0.05, 0.1) is 0 Å². The molecule has 1 N–H and O–H groups in total. The second-order valence-electron chi connectivity index (χ2n) is 4.76. The van der Waals surface area contributed by atoms with Crippen LogP contribution in [0.15, 0.2) is 72.4 Å². The third-order valence-electron chi connectivity index (χ3n) is 3.19. The van der Waals surface area contributed by atoms with Crippen molar-refractivity contribution in [3.63, 3.8) is 0 Å². The lowest BCUT2D eigenvalue weighted by molar-refractivity contribution is -0.131. The maximum absolute atomic E-state index is 10.5. The molecule has 116 valence electrons. The SMILES string of the molecule is C=C(C(=NOC)c1ccc(C=CC(=O)O)cc1)c1ccccc1. The Morgan fingerprint density at radius 2 is 1.74 bits per heavy atom. The van der Waals surface area contributed by atoms with E-state index >= 15 is 0 Å². The molecule has 23 heavy (non-hydrogen) atoms. The molecule has 0 aliphatic heterocycles. The van der Waals surface area contributed by atoms with Crippen molar-refractivity contribution in [2.24, 2.45) is 5.16 Å². The fraction of sp³-hybridized carbons (Fsp3) is 0.0526. The number of oxime groups is 1. The van der Waals surface area contributed by atoms with E-state index in [1.54, 1.807) is 0 Å². The van der Waals surface area contributed by atoms with E-state index in [9.17, 15) is 4.79 Å². The van der Waals surface area contributed by atoms with Crippen LogP contribution in [0.3, 0.4) is 0 Å². The first kappa shape index (κ1) is 16.2. The Labute approximate surface area is 135 Å². The van der Waals surface area contributed by atoms with E-state index in [1.165, 1.54) is 13.2 Å². The summed E-state index contributed by atoms with van der Waals surface area (Å²) in [5.74, 6) is -0.979. The van der Waals surface area contributed by atoms with Gasteiger partial charge in [-0.3, -0.25) is 0 Å². The second kappa shape index (κ2) is 7.75. The van der Waals surface area contributed by atoms with Crippen LogP contribution >= 0.6 is 0 Å². The summed E-state index contributed by atoms with van der Waals surface area (Å²) in [6.45, 7) is 4.10. The van der Waals surface area contributed by atoms with E-state index in [-0.39, 0.29) is 0 Å². The number of hydrogen-bond donors (Lipinski definition) is 1. The predicted molar refractivity (Wildman–Crippen MR) is 92.1 cm³/mol. The van der Waals surface area contributed by atoms with Gasteiger partial charge in [-0.1, -0.05) is 66.3 Å². The fourth-order valence-electron chi connectivity index (χ4n) is 2.07. The smallest absolute Gasteiger partial charge is 0.328 e. The maximum Gasteiger partial charge on any atom is 0.328 e. The first-order valence-electron chi connectivity index (χ1n) is 6.99. The largest absolute Gasteiger partial charge is 0.478 e. The highest BCUT2D eigenvalue weighted by atomic mass is 16.6. The molecule has 2 aromatic rings. The fourth-order valence-corrected chi connectivity index (χ4v) is 2.07. The second-order valence-corrected chi connectivity index (χ2v) is 4.76. The molecule has 0 unspecified atom stereocenters. The van der Waals surface area contributed by atoms with Crippen LogP contribution in [0.2, 0.25) is 0 Å². The van der Waals surface area contributed by atoms with E-state index in [0.717, 1.165) is 28.3 Å². The molecule has 2 rings (SSSR count). The van der Waals surface area contributed by atoms with Crippen LogP contribution in [-0.4, -0.2) is 23.9 Å². The third-order valence-corrected chi connectivity index (χ3v) is 3.19. The van der Waals surface area contributed by atoms with E-state index < -0.39 is 5.97 Å². The van der Waals surface area contributed by atoms with Gasteiger partial charge in [0.1, 0.15) is 12.8 Å². The molecule has 0 saturated heterocycles.